The fourth-order valence-electron chi connectivity index (χ4n) is 2.67. The molecular weight excluding hydrogens is 220 g/mol. The van der Waals surface area contributed by atoms with E-state index < -0.39 is 0 Å². The lowest BCUT2D eigenvalue weighted by Gasteiger charge is -2.16. The Morgan fingerprint density at radius 3 is 3.00 bits per heavy atom. The zero-order valence-electron chi connectivity index (χ0n) is 10.00. The minimum atomic E-state index is 0.0814. The molecule has 0 spiro atoms. The highest BCUT2D eigenvalue weighted by Crippen LogP contribution is 2.29. The van der Waals surface area contributed by atoms with Gasteiger partial charge in [-0.3, -0.25) is 4.79 Å². The number of carbonyl (C=O) groups excluding carboxylic acids is 1. The van der Waals surface area contributed by atoms with Crippen molar-refractivity contribution in [2.24, 2.45) is 0 Å². The topological polar surface area (TPSA) is 41.1 Å². The smallest absolute Gasteiger partial charge is 0.237 e. The summed E-state index contributed by atoms with van der Waals surface area (Å²) in [6.07, 6.45) is 5.73. The summed E-state index contributed by atoms with van der Waals surface area (Å²) in [5.74, 6) is 1.42. The summed E-state index contributed by atoms with van der Waals surface area (Å²) in [6, 6.07) is 0.511. The zero-order valence-corrected chi connectivity index (χ0v) is 10.8. The average Bonchev–Trinajstić information content (AvgIpc) is 2.89. The number of rotatable bonds is 4. The van der Waals surface area contributed by atoms with Gasteiger partial charge in [0.2, 0.25) is 5.91 Å². The SMILES string of the molecule is CCSC1CCC(NC(=O)[C@H]2CCCN2)C1. The number of thioether (sulfide) groups is 1. The van der Waals surface area contributed by atoms with Crippen molar-refractivity contribution in [2.75, 3.05) is 12.3 Å². The normalized spacial score (nSPS) is 34.2. The van der Waals surface area contributed by atoms with Crippen LogP contribution in [0.2, 0.25) is 0 Å². The largest absolute Gasteiger partial charge is 0.352 e. The molecule has 1 heterocycles. The molecule has 1 aliphatic carbocycles. The van der Waals surface area contributed by atoms with Gasteiger partial charge in [0.05, 0.1) is 6.04 Å². The molecule has 2 N–H and O–H groups in total. The highest BCUT2D eigenvalue weighted by Gasteiger charge is 2.29. The van der Waals surface area contributed by atoms with Crippen LogP contribution in [-0.4, -0.2) is 35.5 Å². The minimum absolute atomic E-state index is 0.0814. The van der Waals surface area contributed by atoms with Crippen LogP contribution >= 0.6 is 11.8 Å². The van der Waals surface area contributed by atoms with E-state index in [1.54, 1.807) is 0 Å². The molecule has 16 heavy (non-hydrogen) atoms. The molecule has 1 saturated carbocycles. The molecule has 1 aliphatic heterocycles. The molecule has 3 nitrogen and oxygen atoms in total. The molecule has 4 heteroatoms. The van der Waals surface area contributed by atoms with E-state index in [1.807, 2.05) is 11.8 Å². The molecule has 0 aromatic carbocycles. The third-order valence-electron chi connectivity index (χ3n) is 3.51. The fourth-order valence-corrected chi connectivity index (χ4v) is 3.81. The van der Waals surface area contributed by atoms with Gasteiger partial charge in [0, 0.05) is 11.3 Å². The summed E-state index contributed by atoms with van der Waals surface area (Å²) in [4.78, 5) is 11.9. The van der Waals surface area contributed by atoms with E-state index >= 15 is 0 Å². The lowest BCUT2D eigenvalue weighted by molar-refractivity contribution is -0.123. The van der Waals surface area contributed by atoms with E-state index in [0.717, 1.165) is 37.5 Å². The number of hydrogen-bond acceptors (Lipinski definition) is 3. The molecule has 3 atom stereocenters. The molecule has 1 amide bonds. The molecule has 2 aliphatic rings. The monoisotopic (exact) mass is 242 g/mol. The van der Waals surface area contributed by atoms with E-state index in [2.05, 4.69) is 17.6 Å². The van der Waals surface area contributed by atoms with Gasteiger partial charge in [0.15, 0.2) is 0 Å². The second-order valence-corrected chi connectivity index (χ2v) is 6.32. The van der Waals surface area contributed by atoms with E-state index in [1.165, 1.54) is 12.2 Å². The van der Waals surface area contributed by atoms with Gasteiger partial charge < -0.3 is 10.6 Å². The van der Waals surface area contributed by atoms with Crippen LogP contribution in [0.15, 0.2) is 0 Å². The average molecular weight is 242 g/mol. The van der Waals surface area contributed by atoms with E-state index in [4.69, 9.17) is 0 Å². The molecule has 1 saturated heterocycles. The number of nitrogens with one attached hydrogen (secondary N) is 2. The Morgan fingerprint density at radius 1 is 1.44 bits per heavy atom. The van der Waals surface area contributed by atoms with Crippen LogP contribution in [0.1, 0.15) is 39.0 Å². The predicted octanol–water partition coefficient (Wildman–Crippen LogP) is 1.53. The lowest BCUT2D eigenvalue weighted by atomic mass is 10.2. The highest BCUT2D eigenvalue weighted by molar-refractivity contribution is 7.99. The van der Waals surface area contributed by atoms with Crippen LogP contribution in [0.5, 0.6) is 0 Å². The van der Waals surface area contributed by atoms with Crippen molar-refractivity contribution >= 4 is 17.7 Å². The zero-order chi connectivity index (χ0) is 11.4. The Balaban J connectivity index is 1.71. The van der Waals surface area contributed by atoms with Gasteiger partial charge in [-0.2, -0.15) is 11.8 Å². The van der Waals surface area contributed by atoms with E-state index in [-0.39, 0.29) is 11.9 Å². The Hall–Kier alpha value is -0.220. The van der Waals surface area contributed by atoms with Gasteiger partial charge >= 0.3 is 0 Å². The quantitative estimate of drug-likeness (QED) is 0.785. The summed E-state index contributed by atoms with van der Waals surface area (Å²) in [5.41, 5.74) is 0. The fraction of sp³-hybridized carbons (Fsp3) is 0.917. The maximum atomic E-state index is 11.9. The first-order chi connectivity index (χ1) is 7.79. The van der Waals surface area contributed by atoms with Crippen molar-refractivity contribution in [3.05, 3.63) is 0 Å². The van der Waals surface area contributed by atoms with E-state index in [0.29, 0.717) is 6.04 Å². The van der Waals surface area contributed by atoms with Crippen molar-refractivity contribution in [2.45, 2.75) is 56.4 Å². The van der Waals surface area contributed by atoms with Gasteiger partial charge in [-0.05, 0) is 44.4 Å². The Bertz CT molecular complexity index is 241. The molecule has 0 aromatic heterocycles. The number of carbonyl (C=O) groups is 1. The van der Waals surface area contributed by atoms with E-state index in [9.17, 15) is 4.79 Å². The second kappa shape index (κ2) is 5.92. The highest BCUT2D eigenvalue weighted by atomic mass is 32.2. The van der Waals surface area contributed by atoms with Gasteiger partial charge in [0.25, 0.3) is 0 Å². The summed E-state index contributed by atoms with van der Waals surface area (Å²) < 4.78 is 0. The molecule has 0 radical (unpaired) electrons. The molecule has 92 valence electrons. The molecule has 2 unspecified atom stereocenters. The maximum Gasteiger partial charge on any atom is 0.237 e. The Morgan fingerprint density at radius 2 is 2.31 bits per heavy atom. The second-order valence-electron chi connectivity index (χ2n) is 4.74. The summed E-state index contributed by atoms with van der Waals surface area (Å²) in [7, 11) is 0. The third kappa shape index (κ3) is 3.14. The van der Waals surface area contributed by atoms with Crippen LogP contribution in [0.25, 0.3) is 0 Å². The Kier molecular flexibility index (Phi) is 4.53. The molecular formula is C12H22N2OS. The van der Waals surface area contributed by atoms with Crippen molar-refractivity contribution in [1.29, 1.82) is 0 Å². The van der Waals surface area contributed by atoms with Crippen molar-refractivity contribution < 1.29 is 4.79 Å². The third-order valence-corrected chi connectivity index (χ3v) is 4.74. The summed E-state index contributed by atoms with van der Waals surface area (Å²) >= 11 is 2.04. The number of amides is 1. The van der Waals surface area contributed by atoms with Crippen LogP contribution in [0, 0.1) is 0 Å². The van der Waals surface area contributed by atoms with Crippen molar-refractivity contribution in [1.82, 2.24) is 10.6 Å². The molecule has 0 aromatic rings. The van der Waals surface area contributed by atoms with Crippen LogP contribution in [-0.2, 0) is 4.79 Å². The summed E-state index contributed by atoms with van der Waals surface area (Å²) in [6.45, 7) is 3.20. The van der Waals surface area contributed by atoms with Crippen LogP contribution < -0.4 is 10.6 Å². The predicted molar refractivity (Wildman–Crippen MR) is 68.7 cm³/mol. The first kappa shape index (κ1) is 12.2. The van der Waals surface area contributed by atoms with Crippen molar-refractivity contribution in [3.63, 3.8) is 0 Å². The van der Waals surface area contributed by atoms with Crippen LogP contribution in [0.3, 0.4) is 0 Å². The standard InChI is InChI=1S/C12H22N2OS/c1-2-16-10-6-5-9(8-10)14-12(15)11-4-3-7-13-11/h9-11,13H,2-8H2,1H3,(H,14,15)/t9?,10?,11-/m1/s1. The molecule has 2 rings (SSSR count). The van der Waals surface area contributed by atoms with Gasteiger partial charge in [-0.15, -0.1) is 0 Å². The first-order valence-corrected chi connectivity index (χ1v) is 7.50. The van der Waals surface area contributed by atoms with Gasteiger partial charge in [-0.25, -0.2) is 0 Å². The number of hydrogen-bond donors (Lipinski definition) is 2. The summed E-state index contributed by atoms with van der Waals surface area (Å²) in [5, 5.41) is 7.21. The van der Waals surface area contributed by atoms with Crippen molar-refractivity contribution in [3.8, 4) is 0 Å². The minimum Gasteiger partial charge on any atom is -0.352 e. The Labute approximate surface area is 102 Å². The molecule has 0 bridgehead atoms. The first-order valence-electron chi connectivity index (χ1n) is 6.45. The van der Waals surface area contributed by atoms with Crippen LogP contribution in [0.4, 0.5) is 0 Å². The maximum absolute atomic E-state index is 11.9. The van der Waals surface area contributed by atoms with Gasteiger partial charge in [0.1, 0.15) is 0 Å². The van der Waals surface area contributed by atoms with Gasteiger partial charge in [-0.1, -0.05) is 6.92 Å². The lowest BCUT2D eigenvalue weighted by Crippen LogP contribution is -2.44. The molecule has 2 fully saturated rings.